The Kier molecular flexibility index (Phi) is 11.9. The second-order valence-corrected chi connectivity index (χ2v) is 16.4. The van der Waals surface area contributed by atoms with E-state index in [1.54, 1.807) is 97.9 Å². The molecule has 20 heteroatoms. The molecule has 2 aliphatic heterocycles. The molecule has 1 unspecified atom stereocenters. The number of hydrogen-bond donors (Lipinski definition) is 3. The number of carbonyl (C=O) groups excluding carboxylic acids is 5. The average Bonchev–Trinajstić information content (AvgIpc) is 4.08. The Morgan fingerprint density at radius 1 is 0.906 bits per heavy atom. The maximum Gasteiger partial charge on any atom is 0.291 e. The number of anilines is 3. The van der Waals surface area contributed by atoms with Gasteiger partial charge in [0.1, 0.15) is 11.4 Å². The highest BCUT2D eigenvalue weighted by atomic mass is 32.2. The number of aryl methyl sites for hydroxylation is 3. The predicted molar refractivity (Wildman–Crippen MR) is 237 cm³/mol. The molecule has 2 atom stereocenters. The summed E-state index contributed by atoms with van der Waals surface area (Å²) in [6, 6.07) is 13.0. The van der Waals surface area contributed by atoms with Crippen LogP contribution in [0.15, 0.2) is 90.5 Å². The Morgan fingerprint density at radius 2 is 1.64 bits per heavy atom. The monoisotopic (exact) mass is 887 g/mol. The zero-order valence-corrected chi connectivity index (χ0v) is 36.1. The number of hydrogen-bond acceptors (Lipinski definition) is 11. The van der Waals surface area contributed by atoms with Crippen LogP contribution < -0.4 is 25.4 Å². The topological polar surface area (TPSA) is 228 Å². The van der Waals surface area contributed by atoms with Gasteiger partial charge in [-0.05, 0) is 54.8 Å². The van der Waals surface area contributed by atoms with Gasteiger partial charge in [0.2, 0.25) is 11.7 Å². The van der Waals surface area contributed by atoms with Gasteiger partial charge in [-0.2, -0.15) is 0 Å². The minimum absolute atomic E-state index is 0.00609. The van der Waals surface area contributed by atoms with Crippen LogP contribution >= 0.6 is 0 Å². The van der Waals surface area contributed by atoms with Crippen molar-refractivity contribution in [1.82, 2.24) is 28.2 Å². The van der Waals surface area contributed by atoms with Crippen molar-refractivity contribution in [3.05, 3.63) is 114 Å². The number of aromatic nitrogens is 5. The minimum Gasteiger partial charge on any atom is -0.772 e. The highest BCUT2D eigenvalue weighted by Gasteiger charge is 2.34. The maximum absolute atomic E-state index is 13.6. The van der Waals surface area contributed by atoms with Crippen LogP contribution in [0.3, 0.4) is 0 Å². The zero-order valence-electron chi connectivity index (χ0n) is 35.2. The Bertz CT molecular complexity index is 2960. The quantitative estimate of drug-likeness (QED) is 0.0760. The largest absolute Gasteiger partial charge is 0.772 e. The fraction of sp³-hybridized carbons (Fsp3) is 0.250. The summed E-state index contributed by atoms with van der Waals surface area (Å²) in [4.78, 5) is 77.0. The van der Waals surface area contributed by atoms with Crippen LogP contribution in [0.5, 0.6) is 11.5 Å². The lowest BCUT2D eigenvalue weighted by Gasteiger charge is -2.20. The van der Waals surface area contributed by atoms with Crippen LogP contribution in [0.4, 0.5) is 22.9 Å². The molecule has 6 aromatic rings. The third-order valence-corrected chi connectivity index (χ3v) is 11.4. The van der Waals surface area contributed by atoms with E-state index < -0.39 is 22.9 Å². The van der Waals surface area contributed by atoms with Crippen molar-refractivity contribution in [2.24, 2.45) is 26.1 Å². The number of amides is 4. The average molecular weight is 888 g/mol. The van der Waals surface area contributed by atoms with E-state index in [-0.39, 0.29) is 59.9 Å². The van der Waals surface area contributed by atoms with Gasteiger partial charge in [-0.3, -0.25) is 37.7 Å². The molecule has 64 heavy (non-hydrogen) atoms. The Balaban J connectivity index is 0.834. The van der Waals surface area contributed by atoms with Gasteiger partial charge in [-0.1, -0.05) is 29.3 Å². The molecule has 0 radical (unpaired) electrons. The molecule has 6 heterocycles. The molecule has 3 N–H and O–H groups in total. The van der Waals surface area contributed by atoms with E-state index in [0.29, 0.717) is 75.7 Å². The van der Waals surface area contributed by atoms with Crippen LogP contribution in [0.25, 0.3) is 10.9 Å². The van der Waals surface area contributed by atoms with E-state index in [0.717, 1.165) is 5.57 Å². The van der Waals surface area contributed by atoms with Gasteiger partial charge < -0.3 is 48.6 Å². The molecule has 8 rings (SSSR count). The molecule has 4 amide bonds. The first kappa shape index (κ1) is 43.1. The van der Waals surface area contributed by atoms with Gasteiger partial charge in [-0.25, -0.2) is 4.98 Å². The molecule has 2 aromatic carbocycles. The number of methoxy groups -OCH3 is 1. The number of imidazole rings is 1. The summed E-state index contributed by atoms with van der Waals surface area (Å²) >= 11 is -2.24. The number of nitrogens with zero attached hydrogens (tertiary/aromatic N) is 7. The van der Waals surface area contributed by atoms with Gasteiger partial charge in [0.05, 0.1) is 47.9 Å². The van der Waals surface area contributed by atoms with Gasteiger partial charge >= 0.3 is 0 Å². The number of nitrogens with one attached hydrogen (secondary N) is 3. The van der Waals surface area contributed by atoms with Crippen LogP contribution in [0.2, 0.25) is 0 Å². The second-order valence-electron chi connectivity index (χ2n) is 15.5. The van der Waals surface area contributed by atoms with Crippen LogP contribution in [-0.4, -0.2) is 99.0 Å². The van der Waals surface area contributed by atoms with Gasteiger partial charge in [0.15, 0.2) is 17.3 Å². The lowest BCUT2D eigenvalue weighted by atomic mass is 10.1. The van der Waals surface area contributed by atoms with Crippen LogP contribution in [-0.2, 0) is 42.8 Å². The number of ether oxygens (including phenoxy) is 2. The van der Waals surface area contributed by atoms with Gasteiger partial charge in [-0.15, -0.1) is 0 Å². The van der Waals surface area contributed by atoms with E-state index in [9.17, 15) is 32.7 Å². The first-order valence-corrected chi connectivity index (χ1v) is 21.3. The summed E-state index contributed by atoms with van der Waals surface area (Å²) < 4.78 is 39.8. The van der Waals surface area contributed by atoms with E-state index in [4.69, 9.17) is 9.47 Å². The van der Waals surface area contributed by atoms with E-state index in [1.165, 1.54) is 33.1 Å². The third kappa shape index (κ3) is 8.86. The van der Waals surface area contributed by atoms with Crippen molar-refractivity contribution >= 4 is 80.6 Å². The molecule has 1 fully saturated rings. The van der Waals surface area contributed by atoms with Crippen molar-refractivity contribution in [1.29, 1.82) is 0 Å². The molecule has 4 aromatic heterocycles. The lowest BCUT2D eigenvalue weighted by molar-refractivity contribution is -0.116. The minimum atomic E-state index is -2.24. The van der Waals surface area contributed by atoms with Crippen LogP contribution in [0, 0.1) is 0 Å². The van der Waals surface area contributed by atoms with Crippen molar-refractivity contribution in [2.45, 2.75) is 31.1 Å². The fourth-order valence-electron chi connectivity index (χ4n) is 7.77. The number of benzene rings is 2. The predicted octanol–water partition coefficient (Wildman–Crippen LogP) is 4.92. The molecule has 19 nitrogen and oxygen atoms in total. The highest BCUT2D eigenvalue weighted by molar-refractivity contribution is 7.78. The Labute approximate surface area is 368 Å². The number of fused-ring (bicyclic) bond motifs is 3. The normalized spacial score (nSPS) is 14.8. The van der Waals surface area contributed by atoms with E-state index >= 15 is 0 Å². The Hall–Kier alpha value is -7.58. The molecule has 330 valence electrons. The van der Waals surface area contributed by atoms with Crippen molar-refractivity contribution in [3.63, 3.8) is 0 Å². The molecule has 0 saturated carbocycles. The van der Waals surface area contributed by atoms with Crippen LogP contribution in [0.1, 0.15) is 66.8 Å². The van der Waals surface area contributed by atoms with Crippen molar-refractivity contribution in [3.8, 4) is 11.5 Å². The molecule has 0 spiro atoms. The maximum atomic E-state index is 13.6. The molecule has 0 aliphatic carbocycles. The third-order valence-electron chi connectivity index (χ3n) is 10.8. The smallest absolute Gasteiger partial charge is 0.291 e. The second kappa shape index (κ2) is 17.7. The van der Waals surface area contributed by atoms with Gasteiger partial charge in [0, 0.05) is 82.3 Å². The van der Waals surface area contributed by atoms with Crippen molar-refractivity contribution < 1.29 is 42.2 Å². The molecule has 0 bridgehead atoms. The zero-order chi connectivity index (χ0) is 45.4. The van der Waals surface area contributed by atoms with E-state index in [1.807, 2.05) is 0 Å². The Morgan fingerprint density at radius 3 is 2.39 bits per heavy atom. The lowest BCUT2D eigenvalue weighted by Crippen LogP contribution is -2.35. The number of carbonyl (C=O) groups is 5. The summed E-state index contributed by atoms with van der Waals surface area (Å²) in [5.74, 6) is -1.13. The first-order valence-electron chi connectivity index (χ1n) is 20.0. The summed E-state index contributed by atoms with van der Waals surface area (Å²) in [5.41, 5.74) is 4.24. The fourth-order valence-corrected chi connectivity index (χ4v) is 8.22. The summed E-state index contributed by atoms with van der Waals surface area (Å²) in [7, 11) is 6.41. The van der Waals surface area contributed by atoms with Gasteiger partial charge in [0.25, 0.3) is 23.6 Å². The molecular formula is C44H43N10O9S-. The molecular weight excluding hydrogens is 845 g/mol. The van der Waals surface area contributed by atoms with Crippen molar-refractivity contribution in [2.75, 3.05) is 36.2 Å². The van der Waals surface area contributed by atoms with E-state index in [2.05, 4.69) is 32.5 Å². The first-order chi connectivity index (χ1) is 30.6. The molecule has 1 saturated heterocycles. The molecule has 2 aliphatic rings. The SMILES string of the molecule is C=C1C[C@H]2C=Nc3cc(OCCCC(=O)Nc4cn(C)c(C(=O)Nc5cc(C(=O)Nc6cc(C(=O)n7ccc8cc(CS(=O)[O-])ccc87)n(C)c6)n(C)c5)n4)c(OC)cc3C(=O)N2C1. The standard InChI is InChI=1S/C44H44N10O9S/c1-25-13-30-19-45-32-18-37(36(62-5)17-31(32)43(58)54(30)20-25)63-12-6-7-39(55)48-38-23-52(4)40(49-38)42(57)47-28-15-34(50(2)21-28)41(56)46-29-16-35(51(3)22-29)44(59)53-11-10-27-14-26(24-64(60)61)8-9-33(27)53/h8-11,14-19,21-23,30H,1,6-7,12-13,20,24H2,2-5H3,(H,46,56)(H,47,57)(H,48,55)(H,60,61)/p-1/t30-/m0/s1. The summed E-state index contributed by atoms with van der Waals surface area (Å²) in [5, 5.41) is 8.96. The number of aliphatic imine (C=N–C) groups is 1. The summed E-state index contributed by atoms with van der Waals surface area (Å²) in [6.07, 6.45) is 9.11. The summed E-state index contributed by atoms with van der Waals surface area (Å²) in [6.45, 7) is 4.65. The highest BCUT2D eigenvalue weighted by Crippen LogP contribution is 2.38. The number of rotatable bonds is 14.